The number of hydrogen-bond donors (Lipinski definition) is 1. The van der Waals surface area contributed by atoms with E-state index in [2.05, 4.69) is 29.0 Å². The van der Waals surface area contributed by atoms with Gasteiger partial charge in [0.2, 0.25) is 0 Å². The third-order valence-corrected chi connectivity index (χ3v) is 3.79. The topological polar surface area (TPSA) is 48.5 Å². The molecule has 5 heteroatoms. The molecule has 1 atom stereocenters. The van der Waals surface area contributed by atoms with Crippen molar-refractivity contribution < 1.29 is 4.79 Å². The number of nitrogens with one attached hydrogen (secondary N) is 1. The second-order valence-electron chi connectivity index (χ2n) is 6.59. The minimum atomic E-state index is -0.0616. The van der Waals surface area contributed by atoms with E-state index >= 15 is 0 Å². The molecule has 1 N–H and O–H groups in total. The molecule has 0 fully saturated rings. The average Bonchev–Trinajstić information content (AvgIpc) is 2.36. The zero-order valence-electron chi connectivity index (χ0n) is 15.0. The number of aromatic nitrogens is 1. The van der Waals surface area contributed by atoms with Gasteiger partial charge in [-0.15, -0.1) is 0 Å². The summed E-state index contributed by atoms with van der Waals surface area (Å²) >= 11 is 0. The number of urea groups is 1. The van der Waals surface area contributed by atoms with Gasteiger partial charge in [-0.25, -0.2) is 4.79 Å². The fourth-order valence-corrected chi connectivity index (χ4v) is 2.66. The summed E-state index contributed by atoms with van der Waals surface area (Å²) in [5, 5.41) is 3.01. The fraction of sp³-hybridized carbons (Fsp3) is 0.647. The van der Waals surface area contributed by atoms with E-state index in [1.54, 1.807) is 11.9 Å². The number of aryl methyl sites for hydroxylation is 2. The summed E-state index contributed by atoms with van der Waals surface area (Å²) in [5.74, 6) is 0.488. The number of carbonyl (C=O) groups excluding carboxylic acids is 1. The Morgan fingerprint density at radius 1 is 1.23 bits per heavy atom. The lowest BCUT2D eigenvalue weighted by molar-refractivity contribution is 0.190. The molecule has 5 nitrogen and oxygen atoms in total. The summed E-state index contributed by atoms with van der Waals surface area (Å²) in [6.07, 6.45) is 0. The van der Waals surface area contributed by atoms with Crippen LogP contribution in [-0.4, -0.2) is 54.5 Å². The molecule has 0 aliphatic carbocycles. The van der Waals surface area contributed by atoms with Crippen LogP contribution in [0.3, 0.4) is 0 Å². The van der Waals surface area contributed by atoms with Crippen LogP contribution in [0.2, 0.25) is 0 Å². The molecule has 2 amide bonds. The second kappa shape index (κ2) is 8.13. The molecule has 124 valence electrons. The fourth-order valence-electron chi connectivity index (χ4n) is 2.66. The molecule has 0 aliphatic heterocycles. The maximum Gasteiger partial charge on any atom is 0.317 e. The number of carbonyl (C=O) groups is 1. The van der Waals surface area contributed by atoms with Crippen molar-refractivity contribution in [2.75, 3.05) is 27.7 Å². The SMILES string of the molecule is Cc1cc(C)nc(CN(C)C(=O)NC[C@@H](C(C)C)N(C)C)c1. The Hall–Kier alpha value is -1.62. The highest BCUT2D eigenvalue weighted by Gasteiger charge is 2.18. The number of amides is 2. The van der Waals surface area contributed by atoms with E-state index in [9.17, 15) is 4.79 Å². The first-order chi connectivity index (χ1) is 10.2. The van der Waals surface area contributed by atoms with Crippen molar-refractivity contribution >= 4 is 6.03 Å². The summed E-state index contributed by atoms with van der Waals surface area (Å²) in [4.78, 5) is 20.5. The molecule has 0 unspecified atom stereocenters. The molecular formula is C17H30N4O. The summed E-state index contributed by atoms with van der Waals surface area (Å²) in [5.41, 5.74) is 3.07. The van der Waals surface area contributed by atoms with E-state index in [0.717, 1.165) is 11.4 Å². The zero-order chi connectivity index (χ0) is 16.9. The highest BCUT2D eigenvalue weighted by atomic mass is 16.2. The van der Waals surface area contributed by atoms with Crippen molar-refractivity contribution in [1.29, 1.82) is 0 Å². The van der Waals surface area contributed by atoms with Crippen LogP contribution in [0, 0.1) is 19.8 Å². The molecule has 0 radical (unpaired) electrons. The van der Waals surface area contributed by atoms with Crippen LogP contribution < -0.4 is 5.32 Å². The normalized spacial score (nSPS) is 12.6. The number of hydrogen-bond acceptors (Lipinski definition) is 3. The van der Waals surface area contributed by atoms with Gasteiger partial charge in [0.25, 0.3) is 0 Å². The van der Waals surface area contributed by atoms with Crippen molar-refractivity contribution in [2.45, 2.75) is 40.3 Å². The Morgan fingerprint density at radius 2 is 1.86 bits per heavy atom. The molecule has 0 bridgehead atoms. The predicted octanol–water partition coefficient (Wildman–Crippen LogP) is 2.43. The number of rotatable bonds is 6. The van der Waals surface area contributed by atoms with E-state index < -0.39 is 0 Å². The molecule has 0 saturated carbocycles. The van der Waals surface area contributed by atoms with Gasteiger partial charge in [0, 0.05) is 25.3 Å². The van der Waals surface area contributed by atoms with Gasteiger partial charge in [-0.3, -0.25) is 4.98 Å². The Morgan fingerprint density at radius 3 is 2.36 bits per heavy atom. The first-order valence-electron chi connectivity index (χ1n) is 7.80. The third-order valence-electron chi connectivity index (χ3n) is 3.79. The van der Waals surface area contributed by atoms with E-state index in [-0.39, 0.29) is 6.03 Å². The van der Waals surface area contributed by atoms with Crippen LogP contribution in [0.5, 0.6) is 0 Å². The molecule has 0 saturated heterocycles. The van der Waals surface area contributed by atoms with E-state index in [1.807, 2.05) is 40.1 Å². The molecule has 0 aliphatic rings. The second-order valence-corrected chi connectivity index (χ2v) is 6.59. The van der Waals surface area contributed by atoms with Crippen LogP contribution >= 0.6 is 0 Å². The minimum Gasteiger partial charge on any atom is -0.336 e. The van der Waals surface area contributed by atoms with Gasteiger partial charge in [0.05, 0.1) is 12.2 Å². The highest BCUT2D eigenvalue weighted by molar-refractivity contribution is 5.73. The van der Waals surface area contributed by atoms with Gasteiger partial charge in [-0.1, -0.05) is 13.8 Å². The van der Waals surface area contributed by atoms with Gasteiger partial charge in [-0.2, -0.15) is 0 Å². The first kappa shape index (κ1) is 18.4. The Balaban J connectivity index is 2.58. The Labute approximate surface area is 134 Å². The summed E-state index contributed by atoms with van der Waals surface area (Å²) in [6.45, 7) is 9.51. The van der Waals surface area contributed by atoms with Gasteiger partial charge in [0.1, 0.15) is 0 Å². The number of pyridine rings is 1. The van der Waals surface area contributed by atoms with Crippen LogP contribution in [0.25, 0.3) is 0 Å². The molecule has 1 aromatic heterocycles. The molecule has 0 spiro atoms. The Kier molecular flexibility index (Phi) is 6.81. The van der Waals surface area contributed by atoms with Gasteiger partial charge >= 0.3 is 6.03 Å². The van der Waals surface area contributed by atoms with Crippen molar-refractivity contribution in [3.63, 3.8) is 0 Å². The molecule has 22 heavy (non-hydrogen) atoms. The molecule has 1 aromatic rings. The number of nitrogens with zero attached hydrogens (tertiary/aromatic N) is 3. The standard InChI is InChI=1S/C17H30N4O/c1-12(2)16(20(5)6)10-18-17(22)21(7)11-15-9-13(3)8-14(4)19-15/h8-9,12,16H,10-11H2,1-7H3,(H,18,22)/t16-/m0/s1. The van der Waals surface area contributed by atoms with Gasteiger partial charge < -0.3 is 15.1 Å². The lowest BCUT2D eigenvalue weighted by atomic mass is 10.0. The monoisotopic (exact) mass is 306 g/mol. The smallest absolute Gasteiger partial charge is 0.317 e. The van der Waals surface area contributed by atoms with Crippen LogP contribution in [-0.2, 0) is 6.54 Å². The largest absolute Gasteiger partial charge is 0.336 e. The van der Waals surface area contributed by atoms with E-state index in [4.69, 9.17) is 0 Å². The maximum atomic E-state index is 12.2. The lowest BCUT2D eigenvalue weighted by Crippen LogP contribution is -2.46. The van der Waals surface area contributed by atoms with Crippen LogP contribution in [0.4, 0.5) is 4.79 Å². The maximum absolute atomic E-state index is 12.2. The number of likely N-dealkylation sites (N-methyl/N-ethyl adjacent to an activating group) is 1. The summed E-state index contributed by atoms with van der Waals surface area (Å²) in [7, 11) is 5.88. The van der Waals surface area contributed by atoms with Gasteiger partial charge in [0.15, 0.2) is 0 Å². The van der Waals surface area contributed by atoms with Crippen LogP contribution in [0.15, 0.2) is 12.1 Å². The molecule has 0 aromatic carbocycles. The minimum absolute atomic E-state index is 0.0616. The molecule has 1 rings (SSSR count). The Bertz CT molecular complexity index is 471. The lowest BCUT2D eigenvalue weighted by Gasteiger charge is -2.29. The summed E-state index contributed by atoms with van der Waals surface area (Å²) < 4.78 is 0. The summed E-state index contributed by atoms with van der Waals surface area (Å²) in [6, 6.07) is 4.33. The van der Waals surface area contributed by atoms with E-state index in [1.165, 1.54) is 5.56 Å². The van der Waals surface area contributed by atoms with Crippen LogP contribution in [0.1, 0.15) is 30.8 Å². The highest BCUT2D eigenvalue weighted by Crippen LogP contribution is 2.08. The molecule has 1 heterocycles. The third kappa shape index (κ3) is 5.64. The average molecular weight is 306 g/mol. The predicted molar refractivity (Wildman–Crippen MR) is 90.9 cm³/mol. The first-order valence-corrected chi connectivity index (χ1v) is 7.80. The van der Waals surface area contributed by atoms with E-state index in [0.29, 0.717) is 25.0 Å². The van der Waals surface area contributed by atoms with Crippen molar-refractivity contribution in [2.24, 2.45) is 5.92 Å². The van der Waals surface area contributed by atoms with Gasteiger partial charge in [-0.05, 0) is 51.6 Å². The zero-order valence-corrected chi connectivity index (χ0v) is 15.0. The quantitative estimate of drug-likeness (QED) is 0.878. The van der Waals surface area contributed by atoms with Crippen molar-refractivity contribution in [1.82, 2.24) is 20.1 Å². The van der Waals surface area contributed by atoms with Crippen molar-refractivity contribution in [3.05, 3.63) is 29.1 Å². The van der Waals surface area contributed by atoms with Crippen molar-refractivity contribution in [3.8, 4) is 0 Å². The molecular weight excluding hydrogens is 276 g/mol.